The summed E-state index contributed by atoms with van der Waals surface area (Å²) in [6, 6.07) is 14.6. The monoisotopic (exact) mass is 435 g/mol. The van der Waals surface area contributed by atoms with Gasteiger partial charge in [-0.15, -0.1) is 0 Å². The Hall–Kier alpha value is -3.97. The van der Waals surface area contributed by atoms with Crippen molar-refractivity contribution in [2.24, 2.45) is 0 Å². The Labute approximate surface area is 180 Å². The fourth-order valence-corrected chi connectivity index (χ4v) is 3.91. The van der Waals surface area contributed by atoms with Crippen molar-refractivity contribution in [3.05, 3.63) is 94.8 Å². The Morgan fingerprint density at radius 2 is 1.84 bits per heavy atom. The number of anilines is 1. The van der Waals surface area contributed by atoms with E-state index in [0.717, 1.165) is 4.90 Å². The fourth-order valence-electron chi connectivity index (χ4n) is 3.73. The zero-order chi connectivity index (χ0) is 21.7. The number of benzene rings is 2. The van der Waals surface area contributed by atoms with Gasteiger partial charge in [0.2, 0.25) is 5.78 Å². The van der Waals surface area contributed by atoms with Crippen LogP contribution in [0.15, 0.2) is 87.1 Å². The molecule has 0 spiro atoms. The van der Waals surface area contributed by atoms with Gasteiger partial charge in [-0.1, -0.05) is 23.7 Å². The van der Waals surface area contributed by atoms with Gasteiger partial charge in [-0.05, 0) is 48.5 Å². The van der Waals surface area contributed by atoms with Crippen molar-refractivity contribution in [3.63, 3.8) is 0 Å². The van der Waals surface area contributed by atoms with Gasteiger partial charge < -0.3 is 19.0 Å². The van der Waals surface area contributed by atoms with Gasteiger partial charge in [-0.25, -0.2) is 0 Å². The Bertz CT molecular complexity index is 1370. The number of Topliss-reactive ketones (excluding diaryl/α,β-unsaturated/α-hetero) is 1. The minimum absolute atomic E-state index is 0.0673. The largest absolute Gasteiger partial charge is 0.506 e. The number of amides is 1. The molecule has 0 fully saturated rings. The third-order valence-corrected chi connectivity index (χ3v) is 5.34. The second kappa shape index (κ2) is 7.07. The average molecular weight is 436 g/mol. The molecule has 0 bridgehead atoms. The van der Waals surface area contributed by atoms with Crippen LogP contribution in [-0.2, 0) is 4.79 Å². The Kier molecular flexibility index (Phi) is 4.34. The van der Waals surface area contributed by atoms with Crippen molar-refractivity contribution < 1.29 is 28.6 Å². The van der Waals surface area contributed by atoms with Crippen LogP contribution in [0.1, 0.15) is 22.4 Å². The minimum Gasteiger partial charge on any atom is -0.506 e. The van der Waals surface area contributed by atoms with E-state index in [0.29, 0.717) is 16.0 Å². The predicted octanol–water partition coefficient (Wildman–Crippen LogP) is 5.17. The number of aliphatic hydroxyl groups excluding tert-OH is 1. The molecule has 5 rings (SSSR count). The predicted molar refractivity (Wildman–Crippen MR) is 112 cm³/mol. The molecule has 31 heavy (non-hydrogen) atoms. The van der Waals surface area contributed by atoms with Gasteiger partial charge in [0.05, 0.1) is 17.5 Å². The quantitative estimate of drug-likeness (QED) is 0.429. The van der Waals surface area contributed by atoms with Gasteiger partial charge in [0.1, 0.15) is 23.1 Å². The smallest absolute Gasteiger partial charge is 0.294 e. The number of hydrogen-bond donors (Lipinski definition) is 2. The number of phenolic OH excluding ortho intramolecular Hbond substituents is 1. The first-order chi connectivity index (χ1) is 15.0. The van der Waals surface area contributed by atoms with Crippen molar-refractivity contribution in [1.82, 2.24) is 0 Å². The number of halogens is 1. The molecular formula is C23H14ClNO6. The highest BCUT2D eigenvalue weighted by atomic mass is 35.5. The molecule has 1 atom stereocenters. The van der Waals surface area contributed by atoms with Crippen LogP contribution in [-0.4, -0.2) is 21.9 Å². The maximum atomic E-state index is 13.4. The van der Waals surface area contributed by atoms with Crippen LogP contribution in [0.25, 0.3) is 11.0 Å². The third-order valence-electron chi connectivity index (χ3n) is 5.11. The number of ketones is 1. The van der Waals surface area contributed by atoms with E-state index >= 15 is 0 Å². The van der Waals surface area contributed by atoms with E-state index in [9.17, 15) is 19.8 Å². The summed E-state index contributed by atoms with van der Waals surface area (Å²) in [5.41, 5.74) is 0.345. The van der Waals surface area contributed by atoms with E-state index in [-0.39, 0.29) is 28.5 Å². The lowest BCUT2D eigenvalue weighted by Gasteiger charge is -2.25. The van der Waals surface area contributed by atoms with Gasteiger partial charge in [0.15, 0.2) is 11.5 Å². The lowest BCUT2D eigenvalue weighted by Crippen LogP contribution is -2.30. The maximum absolute atomic E-state index is 13.4. The Morgan fingerprint density at radius 1 is 1.03 bits per heavy atom. The van der Waals surface area contributed by atoms with Gasteiger partial charge in [-0.3, -0.25) is 14.5 Å². The summed E-state index contributed by atoms with van der Waals surface area (Å²) < 4.78 is 11.1. The summed E-state index contributed by atoms with van der Waals surface area (Å²) in [6.45, 7) is 0. The lowest BCUT2D eigenvalue weighted by atomic mass is 9.99. The van der Waals surface area contributed by atoms with Crippen LogP contribution in [0.5, 0.6) is 5.75 Å². The van der Waals surface area contributed by atoms with Crippen molar-refractivity contribution in [2.75, 3.05) is 4.90 Å². The molecule has 1 amide bonds. The van der Waals surface area contributed by atoms with Gasteiger partial charge in [0.25, 0.3) is 5.91 Å². The molecule has 0 radical (unpaired) electrons. The Balaban J connectivity index is 1.66. The molecule has 4 aromatic rings. The molecule has 1 aliphatic heterocycles. The molecular weight excluding hydrogens is 422 g/mol. The summed E-state index contributed by atoms with van der Waals surface area (Å²) >= 11 is 6.01. The molecule has 0 saturated heterocycles. The zero-order valence-corrected chi connectivity index (χ0v) is 16.5. The number of aromatic hydroxyl groups is 1. The van der Waals surface area contributed by atoms with Crippen molar-refractivity contribution in [1.29, 1.82) is 0 Å². The number of phenols is 1. The molecule has 0 saturated carbocycles. The number of para-hydroxylation sites is 2. The number of aliphatic hydroxyl groups is 1. The number of hydrogen-bond acceptors (Lipinski definition) is 6. The van der Waals surface area contributed by atoms with E-state index in [1.807, 2.05) is 0 Å². The van der Waals surface area contributed by atoms with Crippen LogP contribution in [0.3, 0.4) is 0 Å². The fraction of sp³-hybridized carbons (Fsp3) is 0.0435. The second-order valence-corrected chi connectivity index (χ2v) is 7.40. The topological polar surface area (TPSA) is 104 Å². The standard InChI is InChI=1S/C23H14ClNO6/c24-13-7-8-16-12(10-13)11-18(31-16)21(27)19-20(17-6-3-9-30-17)25(23(29)22(19)28)14-4-1-2-5-15(14)26/h1-11,20,26,28H. The van der Waals surface area contributed by atoms with Gasteiger partial charge in [-0.2, -0.15) is 0 Å². The van der Waals surface area contributed by atoms with Crippen LogP contribution in [0.4, 0.5) is 5.69 Å². The first-order valence-corrected chi connectivity index (χ1v) is 9.65. The molecule has 7 nitrogen and oxygen atoms in total. The highest BCUT2D eigenvalue weighted by molar-refractivity contribution is 6.31. The zero-order valence-electron chi connectivity index (χ0n) is 15.8. The lowest BCUT2D eigenvalue weighted by molar-refractivity contribution is -0.117. The Morgan fingerprint density at radius 3 is 2.58 bits per heavy atom. The van der Waals surface area contributed by atoms with E-state index < -0.39 is 23.5 Å². The molecule has 8 heteroatoms. The molecule has 0 aliphatic carbocycles. The summed E-state index contributed by atoms with van der Waals surface area (Å²) in [4.78, 5) is 27.5. The van der Waals surface area contributed by atoms with E-state index in [1.54, 1.807) is 42.5 Å². The van der Waals surface area contributed by atoms with Crippen LogP contribution < -0.4 is 4.90 Å². The van der Waals surface area contributed by atoms with Gasteiger partial charge in [0, 0.05) is 10.4 Å². The summed E-state index contributed by atoms with van der Waals surface area (Å²) in [7, 11) is 0. The van der Waals surface area contributed by atoms with Crippen LogP contribution in [0.2, 0.25) is 5.02 Å². The summed E-state index contributed by atoms with van der Waals surface area (Å²) in [5.74, 6) is -2.28. The van der Waals surface area contributed by atoms with E-state index in [2.05, 4.69) is 0 Å². The van der Waals surface area contributed by atoms with E-state index in [1.165, 1.54) is 24.5 Å². The SMILES string of the molecule is O=C(C1=C(O)C(=O)N(c2ccccc2O)C1c1ccco1)c1cc2cc(Cl)ccc2o1. The highest BCUT2D eigenvalue weighted by Crippen LogP contribution is 2.44. The summed E-state index contributed by atoms with van der Waals surface area (Å²) in [5, 5.41) is 22.1. The van der Waals surface area contributed by atoms with Crippen LogP contribution >= 0.6 is 11.6 Å². The van der Waals surface area contributed by atoms with E-state index in [4.69, 9.17) is 20.4 Å². The average Bonchev–Trinajstić information content (AvgIpc) is 3.47. The number of rotatable bonds is 4. The molecule has 2 N–H and O–H groups in total. The maximum Gasteiger partial charge on any atom is 0.294 e. The van der Waals surface area contributed by atoms with Crippen LogP contribution in [0, 0.1) is 0 Å². The molecule has 154 valence electrons. The second-order valence-electron chi connectivity index (χ2n) is 6.97. The summed E-state index contributed by atoms with van der Waals surface area (Å²) in [6.07, 6.45) is 1.39. The highest BCUT2D eigenvalue weighted by Gasteiger charge is 2.47. The number of carbonyl (C=O) groups excluding carboxylic acids is 2. The number of nitrogens with zero attached hydrogens (tertiary/aromatic N) is 1. The molecule has 3 heterocycles. The first kappa shape index (κ1) is 19.0. The molecule has 2 aromatic heterocycles. The third kappa shape index (κ3) is 2.98. The van der Waals surface area contributed by atoms with Crippen molar-refractivity contribution in [2.45, 2.75) is 6.04 Å². The molecule has 1 unspecified atom stereocenters. The molecule has 2 aromatic carbocycles. The number of fused-ring (bicyclic) bond motifs is 1. The molecule has 1 aliphatic rings. The first-order valence-electron chi connectivity index (χ1n) is 9.27. The normalized spacial score (nSPS) is 16.5. The van der Waals surface area contributed by atoms with Gasteiger partial charge >= 0.3 is 0 Å². The minimum atomic E-state index is -1.10. The number of carbonyl (C=O) groups is 2. The number of furan rings is 2. The van der Waals surface area contributed by atoms with Crippen molar-refractivity contribution >= 4 is 39.9 Å². The van der Waals surface area contributed by atoms with Crippen molar-refractivity contribution in [3.8, 4) is 5.75 Å².